The topological polar surface area (TPSA) is 59.1 Å². The molecule has 1 aromatic rings. The van der Waals surface area contributed by atoms with Crippen molar-refractivity contribution in [3.8, 4) is 11.5 Å². The Balaban J connectivity index is 1.91. The maximum atomic E-state index is 12.3. The standard InChI is InChI=1S/C17H24N2O4/c1-13-5-6-15(16(11-13)22-3)23-12-17(21)19-8-4-7-18(9-10-19)14(2)20/h5-6,11H,4,7-10,12H2,1-3H3. The van der Waals surface area contributed by atoms with Crippen molar-refractivity contribution in [2.45, 2.75) is 20.3 Å². The number of hydrogen-bond donors (Lipinski definition) is 0. The number of ether oxygens (including phenoxy) is 2. The van der Waals surface area contributed by atoms with Crippen LogP contribution in [0.1, 0.15) is 18.9 Å². The summed E-state index contributed by atoms with van der Waals surface area (Å²) in [7, 11) is 1.58. The highest BCUT2D eigenvalue weighted by atomic mass is 16.5. The molecule has 0 radical (unpaired) electrons. The highest BCUT2D eigenvalue weighted by molar-refractivity contribution is 5.78. The first kappa shape index (κ1) is 17.1. The lowest BCUT2D eigenvalue weighted by Crippen LogP contribution is -2.38. The lowest BCUT2D eigenvalue weighted by atomic mass is 10.2. The first-order valence-corrected chi connectivity index (χ1v) is 7.82. The summed E-state index contributed by atoms with van der Waals surface area (Å²) in [6.07, 6.45) is 0.791. The van der Waals surface area contributed by atoms with E-state index in [1.165, 1.54) is 0 Å². The van der Waals surface area contributed by atoms with Gasteiger partial charge in [0.15, 0.2) is 18.1 Å². The van der Waals surface area contributed by atoms with E-state index in [9.17, 15) is 9.59 Å². The van der Waals surface area contributed by atoms with Gasteiger partial charge in [0.1, 0.15) is 0 Å². The van der Waals surface area contributed by atoms with Crippen LogP contribution in [-0.4, -0.2) is 61.5 Å². The second kappa shape index (κ2) is 7.85. The fourth-order valence-corrected chi connectivity index (χ4v) is 2.61. The third-order valence-corrected chi connectivity index (χ3v) is 3.96. The van der Waals surface area contributed by atoms with Gasteiger partial charge in [-0.2, -0.15) is 0 Å². The largest absolute Gasteiger partial charge is 0.493 e. The Morgan fingerprint density at radius 2 is 1.78 bits per heavy atom. The van der Waals surface area contributed by atoms with Crippen LogP contribution in [0.5, 0.6) is 11.5 Å². The average Bonchev–Trinajstić information content (AvgIpc) is 2.79. The zero-order chi connectivity index (χ0) is 16.8. The SMILES string of the molecule is COc1cc(C)ccc1OCC(=O)N1CCCN(C(C)=O)CC1. The molecule has 1 aromatic carbocycles. The van der Waals surface area contributed by atoms with Gasteiger partial charge < -0.3 is 19.3 Å². The van der Waals surface area contributed by atoms with E-state index in [-0.39, 0.29) is 18.4 Å². The van der Waals surface area contributed by atoms with Gasteiger partial charge in [0.2, 0.25) is 5.91 Å². The molecule has 0 spiro atoms. The smallest absolute Gasteiger partial charge is 0.260 e. The van der Waals surface area contributed by atoms with Gasteiger partial charge in [-0.15, -0.1) is 0 Å². The quantitative estimate of drug-likeness (QED) is 0.843. The van der Waals surface area contributed by atoms with E-state index in [1.54, 1.807) is 29.9 Å². The number of methoxy groups -OCH3 is 1. The number of rotatable bonds is 4. The summed E-state index contributed by atoms with van der Waals surface area (Å²) in [5, 5.41) is 0. The van der Waals surface area contributed by atoms with Crippen LogP contribution >= 0.6 is 0 Å². The molecule has 0 atom stereocenters. The lowest BCUT2D eigenvalue weighted by molar-refractivity contribution is -0.134. The summed E-state index contributed by atoms with van der Waals surface area (Å²) in [6, 6.07) is 5.59. The number of aryl methyl sites for hydroxylation is 1. The molecule has 1 saturated heterocycles. The molecule has 6 heteroatoms. The Morgan fingerprint density at radius 3 is 2.48 bits per heavy atom. The third kappa shape index (κ3) is 4.61. The Morgan fingerprint density at radius 1 is 1.09 bits per heavy atom. The Bertz CT molecular complexity index is 574. The van der Waals surface area contributed by atoms with Crippen molar-refractivity contribution in [3.05, 3.63) is 23.8 Å². The van der Waals surface area contributed by atoms with Crippen molar-refractivity contribution in [2.24, 2.45) is 0 Å². The number of benzene rings is 1. The molecule has 1 heterocycles. The molecule has 1 aliphatic heterocycles. The molecular weight excluding hydrogens is 296 g/mol. The highest BCUT2D eigenvalue weighted by Gasteiger charge is 2.20. The second-order valence-corrected chi connectivity index (χ2v) is 5.68. The maximum absolute atomic E-state index is 12.3. The predicted octanol–water partition coefficient (Wildman–Crippen LogP) is 1.46. The van der Waals surface area contributed by atoms with Crippen LogP contribution in [-0.2, 0) is 9.59 Å². The summed E-state index contributed by atoms with van der Waals surface area (Å²) >= 11 is 0. The number of carbonyl (C=O) groups is 2. The van der Waals surface area contributed by atoms with E-state index in [2.05, 4.69) is 0 Å². The van der Waals surface area contributed by atoms with E-state index in [0.29, 0.717) is 37.7 Å². The second-order valence-electron chi connectivity index (χ2n) is 5.68. The maximum Gasteiger partial charge on any atom is 0.260 e. The van der Waals surface area contributed by atoms with Crippen LogP contribution in [0.15, 0.2) is 18.2 Å². The summed E-state index contributed by atoms with van der Waals surface area (Å²) in [5.41, 5.74) is 1.07. The Hall–Kier alpha value is -2.24. The molecule has 0 N–H and O–H groups in total. The average molecular weight is 320 g/mol. The molecule has 0 saturated carbocycles. The number of amides is 2. The molecule has 2 amide bonds. The fourth-order valence-electron chi connectivity index (χ4n) is 2.61. The van der Waals surface area contributed by atoms with Gasteiger partial charge in [0.25, 0.3) is 5.91 Å². The minimum atomic E-state index is -0.0713. The van der Waals surface area contributed by atoms with Crippen LogP contribution in [0.2, 0.25) is 0 Å². The van der Waals surface area contributed by atoms with Crippen molar-refractivity contribution >= 4 is 11.8 Å². The molecule has 2 rings (SSSR count). The third-order valence-electron chi connectivity index (χ3n) is 3.96. The number of nitrogens with zero attached hydrogens (tertiary/aromatic N) is 2. The minimum absolute atomic E-state index is 0.0283. The van der Waals surface area contributed by atoms with Crippen molar-refractivity contribution < 1.29 is 19.1 Å². The molecule has 0 unspecified atom stereocenters. The summed E-state index contributed by atoms with van der Waals surface area (Å²) in [6.45, 7) is 5.98. The first-order chi connectivity index (χ1) is 11.0. The van der Waals surface area contributed by atoms with Crippen LogP contribution in [0, 0.1) is 6.92 Å². The number of hydrogen-bond acceptors (Lipinski definition) is 4. The van der Waals surface area contributed by atoms with Crippen molar-refractivity contribution in [2.75, 3.05) is 39.9 Å². The molecule has 6 nitrogen and oxygen atoms in total. The summed E-state index contributed by atoms with van der Waals surface area (Å²) < 4.78 is 10.9. The van der Waals surface area contributed by atoms with Crippen LogP contribution in [0.3, 0.4) is 0 Å². The van der Waals surface area contributed by atoms with E-state index in [1.807, 2.05) is 19.1 Å². The van der Waals surface area contributed by atoms with Crippen LogP contribution in [0.25, 0.3) is 0 Å². The molecule has 126 valence electrons. The van der Waals surface area contributed by atoms with Crippen LogP contribution in [0.4, 0.5) is 0 Å². The molecule has 1 aliphatic rings. The van der Waals surface area contributed by atoms with Crippen molar-refractivity contribution in [3.63, 3.8) is 0 Å². The van der Waals surface area contributed by atoms with E-state index in [0.717, 1.165) is 12.0 Å². The number of carbonyl (C=O) groups excluding carboxylic acids is 2. The normalized spacial score (nSPS) is 15.1. The molecule has 1 fully saturated rings. The minimum Gasteiger partial charge on any atom is -0.493 e. The predicted molar refractivity (Wildman–Crippen MR) is 86.7 cm³/mol. The zero-order valence-corrected chi connectivity index (χ0v) is 14.0. The highest BCUT2D eigenvalue weighted by Crippen LogP contribution is 2.27. The first-order valence-electron chi connectivity index (χ1n) is 7.82. The van der Waals surface area contributed by atoms with Crippen molar-refractivity contribution in [1.29, 1.82) is 0 Å². The monoisotopic (exact) mass is 320 g/mol. The zero-order valence-electron chi connectivity index (χ0n) is 14.0. The van der Waals surface area contributed by atoms with Gasteiger partial charge in [-0.25, -0.2) is 0 Å². The molecule has 23 heavy (non-hydrogen) atoms. The van der Waals surface area contributed by atoms with Gasteiger partial charge in [-0.05, 0) is 31.0 Å². The van der Waals surface area contributed by atoms with E-state index < -0.39 is 0 Å². The molecule has 0 aliphatic carbocycles. The summed E-state index contributed by atoms with van der Waals surface area (Å²) in [5.74, 6) is 1.17. The van der Waals surface area contributed by atoms with E-state index >= 15 is 0 Å². The van der Waals surface area contributed by atoms with Gasteiger partial charge >= 0.3 is 0 Å². The van der Waals surface area contributed by atoms with Crippen LogP contribution < -0.4 is 9.47 Å². The van der Waals surface area contributed by atoms with E-state index in [4.69, 9.17) is 9.47 Å². The van der Waals surface area contributed by atoms with Gasteiger partial charge in [0, 0.05) is 33.1 Å². The summed E-state index contributed by atoms with van der Waals surface area (Å²) in [4.78, 5) is 27.3. The van der Waals surface area contributed by atoms with Gasteiger partial charge in [0.05, 0.1) is 7.11 Å². The van der Waals surface area contributed by atoms with Crippen molar-refractivity contribution in [1.82, 2.24) is 9.80 Å². The fraction of sp³-hybridized carbons (Fsp3) is 0.529. The Labute approximate surface area is 137 Å². The molecule has 0 bridgehead atoms. The molecular formula is C17H24N2O4. The Kier molecular flexibility index (Phi) is 5.84. The molecule has 0 aromatic heterocycles. The van der Waals surface area contributed by atoms with Gasteiger partial charge in [-0.3, -0.25) is 9.59 Å². The lowest BCUT2D eigenvalue weighted by Gasteiger charge is -2.21. The van der Waals surface area contributed by atoms with Gasteiger partial charge in [-0.1, -0.05) is 6.07 Å².